The van der Waals surface area contributed by atoms with Gasteiger partial charge in [0.2, 0.25) is 5.91 Å². The lowest BCUT2D eigenvalue weighted by Gasteiger charge is -2.14. The molecule has 3 rings (SSSR count). The van der Waals surface area contributed by atoms with Gasteiger partial charge in [-0.25, -0.2) is 0 Å². The molecular weight excluding hydrogens is 326 g/mol. The predicted octanol–water partition coefficient (Wildman–Crippen LogP) is 3.27. The first-order valence-electron chi connectivity index (χ1n) is 8.39. The zero-order valence-corrected chi connectivity index (χ0v) is 14.5. The van der Waals surface area contributed by atoms with Gasteiger partial charge in [0.1, 0.15) is 5.75 Å². The van der Waals surface area contributed by atoms with E-state index >= 15 is 0 Å². The van der Waals surface area contributed by atoms with Gasteiger partial charge in [0.05, 0.1) is 11.7 Å². The van der Waals surface area contributed by atoms with Gasteiger partial charge < -0.3 is 16.2 Å². The average molecular weight is 347 g/mol. The van der Waals surface area contributed by atoms with Gasteiger partial charge in [-0.2, -0.15) is 0 Å². The number of benzene rings is 2. The zero-order valence-electron chi connectivity index (χ0n) is 14.5. The summed E-state index contributed by atoms with van der Waals surface area (Å²) in [6.07, 6.45) is 2.15. The van der Waals surface area contributed by atoms with Crippen LogP contribution in [0.3, 0.4) is 0 Å². The molecule has 3 aromatic rings. The quantitative estimate of drug-likeness (QED) is 0.618. The maximum atomic E-state index is 12.4. The Hall–Kier alpha value is -3.18. The standard InChI is InChI=1S/C21H21N3O2/c1-14-11-17(9-10-23-14)16-7-8-20(25)19(13-16)24-21(26)18(22)12-15-5-3-2-4-6-15/h2-11,13,18,25H,12,22H2,1H3,(H,24,26)/t18-/m0/s1. The fraction of sp³-hybridized carbons (Fsp3) is 0.143. The Bertz CT molecular complexity index is 910. The van der Waals surface area contributed by atoms with Gasteiger partial charge in [0, 0.05) is 11.9 Å². The van der Waals surface area contributed by atoms with Gasteiger partial charge in [-0.1, -0.05) is 36.4 Å². The van der Waals surface area contributed by atoms with Crippen LogP contribution in [-0.2, 0) is 11.2 Å². The van der Waals surface area contributed by atoms with Crippen molar-refractivity contribution < 1.29 is 9.90 Å². The van der Waals surface area contributed by atoms with Crippen LogP contribution in [0.15, 0.2) is 66.9 Å². The SMILES string of the molecule is Cc1cc(-c2ccc(O)c(NC(=O)[C@@H](N)Cc3ccccc3)c2)ccn1. The summed E-state index contributed by atoms with van der Waals surface area (Å²) in [6.45, 7) is 1.91. The summed E-state index contributed by atoms with van der Waals surface area (Å²) in [7, 11) is 0. The van der Waals surface area contributed by atoms with E-state index < -0.39 is 6.04 Å². The normalized spacial score (nSPS) is 11.8. The Labute approximate surface area is 152 Å². The first-order valence-corrected chi connectivity index (χ1v) is 8.39. The van der Waals surface area contributed by atoms with Crippen LogP contribution in [0, 0.1) is 6.92 Å². The van der Waals surface area contributed by atoms with Gasteiger partial charge in [-0.3, -0.25) is 9.78 Å². The molecule has 1 heterocycles. The predicted molar refractivity (Wildman–Crippen MR) is 103 cm³/mol. The maximum absolute atomic E-state index is 12.4. The number of rotatable bonds is 5. The molecule has 26 heavy (non-hydrogen) atoms. The Morgan fingerprint density at radius 3 is 2.58 bits per heavy atom. The summed E-state index contributed by atoms with van der Waals surface area (Å²) in [5, 5.41) is 12.8. The molecule has 132 valence electrons. The number of carbonyl (C=O) groups excluding carboxylic acids is 1. The molecule has 5 heteroatoms. The summed E-state index contributed by atoms with van der Waals surface area (Å²) >= 11 is 0. The first kappa shape index (κ1) is 17.6. The smallest absolute Gasteiger partial charge is 0.241 e. The molecule has 0 saturated carbocycles. The van der Waals surface area contributed by atoms with Crippen molar-refractivity contribution in [3.8, 4) is 16.9 Å². The lowest BCUT2D eigenvalue weighted by Crippen LogP contribution is -2.37. The van der Waals surface area contributed by atoms with Gasteiger partial charge in [0.15, 0.2) is 0 Å². The van der Waals surface area contributed by atoms with Crippen LogP contribution in [0.4, 0.5) is 5.69 Å². The number of aromatic hydroxyl groups is 1. The molecule has 0 aliphatic heterocycles. The van der Waals surface area contributed by atoms with Crippen LogP contribution in [-0.4, -0.2) is 22.0 Å². The topological polar surface area (TPSA) is 88.2 Å². The number of aromatic nitrogens is 1. The average Bonchev–Trinajstić information content (AvgIpc) is 2.64. The van der Waals surface area contributed by atoms with Crippen molar-refractivity contribution in [1.29, 1.82) is 0 Å². The number of anilines is 1. The molecule has 0 unspecified atom stereocenters. The minimum atomic E-state index is -0.705. The highest BCUT2D eigenvalue weighted by Crippen LogP contribution is 2.30. The number of amides is 1. The number of phenols is 1. The molecule has 1 aromatic heterocycles. The molecule has 0 aliphatic carbocycles. The summed E-state index contributed by atoms with van der Waals surface area (Å²) in [5.41, 5.74) is 10.1. The van der Waals surface area contributed by atoms with E-state index in [0.717, 1.165) is 22.4 Å². The van der Waals surface area contributed by atoms with Crippen LogP contribution in [0.1, 0.15) is 11.3 Å². The Balaban J connectivity index is 1.76. The van der Waals surface area contributed by atoms with Crippen molar-refractivity contribution in [2.24, 2.45) is 5.73 Å². The van der Waals surface area contributed by atoms with Crippen molar-refractivity contribution in [3.05, 3.63) is 78.1 Å². The van der Waals surface area contributed by atoms with E-state index in [0.29, 0.717) is 12.1 Å². The van der Waals surface area contributed by atoms with Crippen molar-refractivity contribution in [1.82, 2.24) is 4.98 Å². The number of nitrogens with two attached hydrogens (primary N) is 1. The second-order valence-corrected chi connectivity index (χ2v) is 6.20. The summed E-state index contributed by atoms with van der Waals surface area (Å²) < 4.78 is 0. The molecule has 0 aliphatic rings. The van der Waals surface area contributed by atoms with E-state index in [4.69, 9.17) is 5.73 Å². The molecule has 0 fully saturated rings. The Kier molecular flexibility index (Phi) is 5.29. The largest absolute Gasteiger partial charge is 0.506 e. The summed E-state index contributed by atoms with van der Waals surface area (Å²) in [4.78, 5) is 16.6. The fourth-order valence-corrected chi connectivity index (χ4v) is 2.73. The molecule has 4 N–H and O–H groups in total. The Morgan fingerprint density at radius 1 is 1.12 bits per heavy atom. The van der Waals surface area contributed by atoms with E-state index in [-0.39, 0.29) is 11.7 Å². The number of aryl methyl sites for hydroxylation is 1. The molecule has 5 nitrogen and oxygen atoms in total. The number of nitrogens with one attached hydrogen (secondary N) is 1. The second-order valence-electron chi connectivity index (χ2n) is 6.20. The first-order chi connectivity index (χ1) is 12.5. The molecule has 0 spiro atoms. The van der Waals surface area contributed by atoms with E-state index in [9.17, 15) is 9.90 Å². The van der Waals surface area contributed by atoms with Crippen LogP contribution in [0.5, 0.6) is 5.75 Å². The van der Waals surface area contributed by atoms with Gasteiger partial charge in [0.25, 0.3) is 0 Å². The van der Waals surface area contributed by atoms with E-state index in [1.165, 1.54) is 0 Å². The monoisotopic (exact) mass is 347 g/mol. The molecule has 0 radical (unpaired) electrons. The molecular formula is C21H21N3O2. The van der Waals surface area contributed by atoms with Crippen LogP contribution >= 0.6 is 0 Å². The number of carbonyl (C=O) groups is 1. The molecule has 0 saturated heterocycles. The summed E-state index contributed by atoms with van der Waals surface area (Å²) in [6, 6.07) is 17.8. The molecule has 2 aromatic carbocycles. The number of hydrogen-bond donors (Lipinski definition) is 3. The number of pyridine rings is 1. The zero-order chi connectivity index (χ0) is 18.5. The Morgan fingerprint density at radius 2 is 1.85 bits per heavy atom. The van der Waals surface area contributed by atoms with Crippen molar-refractivity contribution in [2.45, 2.75) is 19.4 Å². The number of phenolic OH excluding ortho intramolecular Hbond substituents is 1. The van der Waals surface area contributed by atoms with Gasteiger partial charge in [-0.05, 0) is 54.3 Å². The number of hydrogen-bond acceptors (Lipinski definition) is 4. The molecule has 1 atom stereocenters. The highest BCUT2D eigenvalue weighted by molar-refractivity contribution is 5.96. The van der Waals surface area contributed by atoms with Crippen LogP contribution < -0.4 is 11.1 Å². The van der Waals surface area contributed by atoms with E-state index in [1.807, 2.05) is 49.4 Å². The minimum absolute atomic E-state index is 0.000195. The maximum Gasteiger partial charge on any atom is 0.241 e. The third-order valence-corrected chi connectivity index (χ3v) is 4.12. The van der Waals surface area contributed by atoms with Gasteiger partial charge >= 0.3 is 0 Å². The number of nitrogens with zero attached hydrogens (tertiary/aromatic N) is 1. The lowest BCUT2D eigenvalue weighted by atomic mass is 10.0. The highest BCUT2D eigenvalue weighted by Gasteiger charge is 2.16. The second kappa shape index (κ2) is 7.80. The third-order valence-electron chi connectivity index (χ3n) is 4.12. The van der Waals surface area contributed by atoms with Crippen LogP contribution in [0.2, 0.25) is 0 Å². The lowest BCUT2D eigenvalue weighted by molar-refractivity contribution is -0.117. The molecule has 1 amide bonds. The van der Waals surface area contributed by atoms with E-state index in [1.54, 1.807) is 24.4 Å². The summed E-state index contributed by atoms with van der Waals surface area (Å²) in [5.74, 6) is -0.341. The van der Waals surface area contributed by atoms with Crippen molar-refractivity contribution in [2.75, 3.05) is 5.32 Å². The van der Waals surface area contributed by atoms with Crippen molar-refractivity contribution >= 4 is 11.6 Å². The molecule has 0 bridgehead atoms. The fourth-order valence-electron chi connectivity index (χ4n) is 2.73. The minimum Gasteiger partial charge on any atom is -0.506 e. The van der Waals surface area contributed by atoms with Crippen molar-refractivity contribution in [3.63, 3.8) is 0 Å². The van der Waals surface area contributed by atoms with Gasteiger partial charge in [-0.15, -0.1) is 0 Å². The van der Waals surface area contributed by atoms with E-state index in [2.05, 4.69) is 10.3 Å². The third kappa shape index (κ3) is 4.26. The van der Waals surface area contributed by atoms with Crippen LogP contribution in [0.25, 0.3) is 11.1 Å². The highest BCUT2D eigenvalue weighted by atomic mass is 16.3.